The van der Waals surface area contributed by atoms with Gasteiger partial charge in [-0.2, -0.15) is 0 Å². The highest BCUT2D eigenvalue weighted by Crippen LogP contribution is 2.29. The van der Waals surface area contributed by atoms with Gasteiger partial charge in [-0.1, -0.05) is 61.0 Å². The van der Waals surface area contributed by atoms with Crippen LogP contribution in [0.3, 0.4) is 0 Å². The smallest absolute Gasteiger partial charge is 0.409 e. The van der Waals surface area contributed by atoms with E-state index in [-0.39, 0.29) is 11.3 Å². The fraction of sp³-hybridized carbons (Fsp3) is 0.282. The molecular weight excluding hydrogens is 636 g/mol. The molecule has 1 saturated heterocycles. The Kier molecular flexibility index (Phi) is 13.2. The number of piperidine rings is 1. The van der Waals surface area contributed by atoms with Crippen molar-refractivity contribution in [2.45, 2.75) is 25.4 Å². The van der Waals surface area contributed by atoms with Crippen molar-refractivity contribution in [1.82, 2.24) is 15.2 Å². The van der Waals surface area contributed by atoms with Crippen LogP contribution in [0.4, 0.5) is 10.5 Å². The first-order chi connectivity index (χ1) is 24.4. The molecule has 0 radical (unpaired) electrons. The molecule has 0 aliphatic carbocycles. The number of para-hydroxylation sites is 1. The van der Waals surface area contributed by atoms with E-state index < -0.39 is 12.2 Å². The number of aromatic amines is 1. The molecule has 0 saturated carbocycles. The molecular formula is C39H44N4O7. The van der Waals surface area contributed by atoms with Gasteiger partial charge in [-0.25, -0.2) is 4.79 Å². The highest BCUT2D eigenvalue weighted by atomic mass is 16.5. The number of hydrogen-bond acceptors (Lipinski definition) is 8. The van der Waals surface area contributed by atoms with Crippen molar-refractivity contribution in [3.8, 4) is 28.4 Å². The van der Waals surface area contributed by atoms with Crippen LogP contribution in [0.2, 0.25) is 0 Å². The minimum atomic E-state index is -1.05. The molecule has 5 aromatic rings. The third kappa shape index (κ3) is 10.6. The second-order valence-corrected chi connectivity index (χ2v) is 11.9. The number of rotatable bonds is 13. The molecule has 50 heavy (non-hydrogen) atoms. The topological polar surface area (TPSA) is 156 Å². The van der Waals surface area contributed by atoms with Crippen LogP contribution in [0.25, 0.3) is 22.0 Å². The molecule has 2 heterocycles. The number of nitrogens with one attached hydrogen (secondary N) is 3. The molecule has 1 aliphatic heterocycles. The largest absolute Gasteiger partial charge is 0.506 e. The lowest BCUT2D eigenvalue weighted by atomic mass is 10.0. The van der Waals surface area contributed by atoms with E-state index in [1.54, 1.807) is 24.3 Å². The number of hydrogen-bond donors (Lipinski definition) is 6. The summed E-state index contributed by atoms with van der Waals surface area (Å²) >= 11 is 0. The molecule has 1 atom stereocenters. The van der Waals surface area contributed by atoms with E-state index in [4.69, 9.17) is 14.6 Å². The number of carboxylic acid groups (broad SMARTS) is 1. The molecule has 1 aromatic heterocycles. The Hall–Kier alpha value is -5.36. The van der Waals surface area contributed by atoms with E-state index in [2.05, 4.69) is 20.5 Å². The molecule has 1 amide bonds. The van der Waals surface area contributed by atoms with Gasteiger partial charge in [0.25, 0.3) is 0 Å². The quantitative estimate of drug-likeness (QED) is 0.0792. The maximum atomic E-state index is 11.5. The number of pyridine rings is 1. The Bertz CT molecular complexity index is 1860. The van der Waals surface area contributed by atoms with Gasteiger partial charge in [0, 0.05) is 36.7 Å². The number of amides is 1. The average molecular weight is 681 g/mol. The Morgan fingerprint density at radius 1 is 0.820 bits per heavy atom. The van der Waals surface area contributed by atoms with E-state index in [1.807, 2.05) is 66.7 Å². The van der Waals surface area contributed by atoms with Crippen LogP contribution < -0.4 is 25.7 Å². The number of aromatic hydroxyl groups is 1. The molecule has 6 N–H and O–H groups in total. The van der Waals surface area contributed by atoms with Gasteiger partial charge >= 0.3 is 6.09 Å². The minimum absolute atomic E-state index is 0.0246. The van der Waals surface area contributed by atoms with Gasteiger partial charge in [-0.05, 0) is 79.5 Å². The van der Waals surface area contributed by atoms with E-state index >= 15 is 0 Å². The molecule has 0 bridgehead atoms. The van der Waals surface area contributed by atoms with Crippen molar-refractivity contribution in [2.75, 3.05) is 51.3 Å². The Morgan fingerprint density at radius 3 is 2.22 bits per heavy atom. The van der Waals surface area contributed by atoms with E-state index in [9.17, 15) is 19.8 Å². The molecule has 11 heteroatoms. The van der Waals surface area contributed by atoms with Crippen LogP contribution in [-0.4, -0.2) is 77.2 Å². The van der Waals surface area contributed by atoms with Gasteiger partial charge in [0.1, 0.15) is 30.5 Å². The van der Waals surface area contributed by atoms with Crippen molar-refractivity contribution in [2.24, 2.45) is 0 Å². The third-order valence-electron chi connectivity index (χ3n) is 8.35. The number of benzene rings is 4. The van der Waals surface area contributed by atoms with E-state index in [0.717, 1.165) is 29.2 Å². The maximum Gasteiger partial charge on any atom is 0.409 e. The van der Waals surface area contributed by atoms with Crippen LogP contribution in [0.15, 0.2) is 108 Å². The predicted octanol–water partition coefficient (Wildman–Crippen LogP) is 6.24. The van der Waals surface area contributed by atoms with Gasteiger partial charge in [-0.3, -0.25) is 15.0 Å². The molecule has 0 unspecified atom stereocenters. The summed E-state index contributed by atoms with van der Waals surface area (Å²) in [4.78, 5) is 27.2. The van der Waals surface area contributed by atoms with Gasteiger partial charge in [0.2, 0.25) is 5.56 Å². The van der Waals surface area contributed by atoms with Crippen molar-refractivity contribution in [3.05, 3.63) is 119 Å². The van der Waals surface area contributed by atoms with Crippen LogP contribution in [0.1, 0.15) is 30.9 Å². The Labute approximate surface area is 291 Å². The predicted molar refractivity (Wildman–Crippen MR) is 195 cm³/mol. The number of anilines is 1. The normalized spacial score (nSPS) is 13.5. The average Bonchev–Trinajstić information content (AvgIpc) is 3.13. The first kappa shape index (κ1) is 35.9. The molecule has 1 aliphatic rings. The van der Waals surface area contributed by atoms with Crippen molar-refractivity contribution in [1.29, 1.82) is 0 Å². The van der Waals surface area contributed by atoms with Gasteiger partial charge in [-0.15, -0.1) is 0 Å². The summed E-state index contributed by atoms with van der Waals surface area (Å²) < 4.78 is 11.6. The number of aliphatic hydroxyl groups is 1. The standard InChI is InChI=1S/C26H33N3O5.C13H11NO2/c30-23-10-8-21(22-9-11-25(32)28-26(22)23)24(31)18-27-12-16-33-19-4-6-20(7-5-19)34-17-15-29-13-2-1-3-14-29;15-13(16)14-12-9-5-4-8-11(12)10-6-2-1-3-7-10/h4-11,24,27,30-31H,1-3,12-18H2,(H,28,32);1-9,14H,(H,15,16)/t24-;/m0./s1. The van der Waals surface area contributed by atoms with Gasteiger partial charge in [0.05, 0.1) is 17.3 Å². The molecule has 4 aromatic carbocycles. The number of nitrogens with zero attached hydrogens (tertiary/aromatic N) is 1. The second-order valence-electron chi connectivity index (χ2n) is 11.9. The molecule has 11 nitrogen and oxygen atoms in total. The minimum Gasteiger partial charge on any atom is -0.506 e. The number of aliphatic hydroxyl groups excluding tert-OH is 1. The summed E-state index contributed by atoms with van der Waals surface area (Å²) in [6.45, 7) is 5.32. The van der Waals surface area contributed by atoms with E-state index in [1.165, 1.54) is 44.5 Å². The van der Waals surface area contributed by atoms with Crippen molar-refractivity contribution < 1.29 is 29.6 Å². The second kappa shape index (κ2) is 18.4. The Morgan fingerprint density at radius 2 is 1.50 bits per heavy atom. The number of phenols is 1. The van der Waals surface area contributed by atoms with Crippen LogP contribution >= 0.6 is 0 Å². The lowest BCUT2D eigenvalue weighted by molar-refractivity contribution is 0.173. The summed E-state index contributed by atoms with van der Waals surface area (Å²) in [5, 5.41) is 35.5. The number of ether oxygens (including phenoxy) is 2. The van der Waals surface area contributed by atoms with E-state index in [0.29, 0.717) is 48.5 Å². The number of carbonyl (C=O) groups is 1. The first-order valence-corrected chi connectivity index (χ1v) is 16.8. The number of fused-ring (bicyclic) bond motifs is 1. The monoisotopic (exact) mass is 680 g/mol. The molecule has 262 valence electrons. The zero-order valence-electron chi connectivity index (χ0n) is 27.9. The SMILES string of the molecule is O=C(O)Nc1ccccc1-c1ccccc1.O=c1ccc2c([C@@H](O)CNCCOc3ccc(OCCN4CCCCC4)cc3)ccc(O)c2[nH]1. The first-order valence-electron chi connectivity index (χ1n) is 16.8. The van der Waals surface area contributed by atoms with Gasteiger partial charge < -0.3 is 35.1 Å². The van der Waals surface area contributed by atoms with Crippen LogP contribution in [0.5, 0.6) is 17.2 Å². The van der Waals surface area contributed by atoms with Crippen molar-refractivity contribution >= 4 is 22.7 Å². The third-order valence-corrected chi connectivity index (χ3v) is 8.35. The summed E-state index contributed by atoms with van der Waals surface area (Å²) in [6, 6.07) is 30.7. The molecule has 6 rings (SSSR count). The van der Waals surface area contributed by atoms with Crippen molar-refractivity contribution in [3.63, 3.8) is 0 Å². The lowest BCUT2D eigenvalue weighted by Gasteiger charge is -2.26. The number of H-pyrrole nitrogens is 1. The lowest BCUT2D eigenvalue weighted by Crippen LogP contribution is -2.33. The number of likely N-dealkylation sites (tertiary alicyclic amines) is 1. The number of phenolic OH excluding ortho intramolecular Hbond substituents is 1. The van der Waals surface area contributed by atoms with Crippen LogP contribution in [0, 0.1) is 0 Å². The maximum absolute atomic E-state index is 11.5. The highest BCUT2D eigenvalue weighted by molar-refractivity contribution is 5.90. The zero-order valence-corrected chi connectivity index (χ0v) is 27.9. The summed E-state index contributed by atoms with van der Waals surface area (Å²) in [6.07, 6.45) is 2.07. The molecule has 0 spiro atoms. The summed E-state index contributed by atoms with van der Waals surface area (Å²) in [7, 11) is 0. The fourth-order valence-corrected chi connectivity index (χ4v) is 5.82. The molecule has 1 fully saturated rings. The Balaban J connectivity index is 0.000000253. The fourth-order valence-electron chi connectivity index (χ4n) is 5.82. The van der Waals surface area contributed by atoms with Gasteiger partial charge in [0.15, 0.2) is 0 Å². The van der Waals surface area contributed by atoms with Crippen LogP contribution in [-0.2, 0) is 0 Å². The summed E-state index contributed by atoms with van der Waals surface area (Å²) in [5.74, 6) is 1.58. The highest BCUT2D eigenvalue weighted by Gasteiger charge is 2.14. The number of aromatic nitrogens is 1. The summed E-state index contributed by atoms with van der Waals surface area (Å²) in [5.41, 5.74) is 3.12. The zero-order chi connectivity index (χ0) is 35.1.